The van der Waals surface area contributed by atoms with Crippen LogP contribution in [-0.4, -0.2) is 12.0 Å². The lowest BCUT2D eigenvalue weighted by Gasteiger charge is -2.08. The first-order valence-corrected chi connectivity index (χ1v) is 6.70. The van der Waals surface area contributed by atoms with Crippen molar-refractivity contribution in [2.45, 2.75) is 6.54 Å². The van der Waals surface area contributed by atoms with Gasteiger partial charge in [0, 0.05) is 18.3 Å². The van der Waals surface area contributed by atoms with Gasteiger partial charge >= 0.3 is 0 Å². The van der Waals surface area contributed by atoms with Gasteiger partial charge in [-0.2, -0.15) is 0 Å². The van der Waals surface area contributed by atoms with Crippen molar-refractivity contribution in [1.82, 2.24) is 0 Å². The number of hydrogen-bond acceptors (Lipinski definition) is 4. The normalized spacial score (nSPS) is 10.1. The molecule has 2 aromatic carbocycles. The summed E-state index contributed by atoms with van der Waals surface area (Å²) in [6.45, 7) is 0.633. The van der Waals surface area contributed by atoms with Gasteiger partial charge < -0.3 is 10.1 Å². The minimum absolute atomic E-state index is 0.0556. The summed E-state index contributed by atoms with van der Waals surface area (Å²) in [6.07, 6.45) is 0. The molecule has 5 nitrogen and oxygen atoms in total. The third-order valence-corrected chi connectivity index (χ3v) is 3.44. The van der Waals surface area contributed by atoms with Gasteiger partial charge in [0.05, 0.1) is 16.5 Å². The number of hydrogen-bond donors (Lipinski definition) is 1. The lowest BCUT2D eigenvalue weighted by atomic mass is 10.2. The Labute approximate surface area is 124 Å². The number of rotatable bonds is 5. The Morgan fingerprint density at radius 1 is 1.25 bits per heavy atom. The maximum Gasteiger partial charge on any atom is 0.283 e. The molecule has 0 bridgehead atoms. The predicted octanol–water partition coefficient (Wildman–Crippen LogP) is 3.98. The number of benzene rings is 2. The summed E-state index contributed by atoms with van der Waals surface area (Å²) >= 11 is 3.19. The highest BCUT2D eigenvalue weighted by Gasteiger charge is 2.11. The molecule has 0 fully saturated rings. The Morgan fingerprint density at radius 2 is 1.95 bits per heavy atom. The maximum absolute atomic E-state index is 10.7. The van der Waals surface area contributed by atoms with Crippen LogP contribution in [0.4, 0.5) is 11.4 Å². The summed E-state index contributed by atoms with van der Waals surface area (Å²) in [4.78, 5) is 10.3. The van der Waals surface area contributed by atoms with Crippen molar-refractivity contribution in [2.75, 3.05) is 12.4 Å². The fourth-order valence-electron chi connectivity index (χ4n) is 1.71. The molecule has 0 aliphatic carbocycles. The second-order valence-electron chi connectivity index (χ2n) is 4.12. The Bertz CT molecular complexity index is 614. The fraction of sp³-hybridized carbons (Fsp3) is 0.143. The second-order valence-corrected chi connectivity index (χ2v) is 4.98. The Balaban J connectivity index is 2.03. The third-order valence-electron chi connectivity index (χ3n) is 2.80. The van der Waals surface area contributed by atoms with E-state index in [2.05, 4.69) is 21.2 Å². The third kappa shape index (κ3) is 3.48. The van der Waals surface area contributed by atoms with Crippen LogP contribution in [0.15, 0.2) is 46.9 Å². The molecule has 20 heavy (non-hydrogen) atoms. The smallest absolute Gasteiger partial charge is 0.283 e. The van der Waals surface area contributed by atoms with E-state index >= 15 is 0 Å². The number of halogens is 1. The van der Waals surface area contributed by atoms with E-state index in [9.17, 15) is 10.1 Å². The summed E-state index contributed by atoms with van der Waals surface area (Å²) in [6, 6.07) is 12.6. The van der Waals surface area contributed by atoms with Crippen LogP contribution in [0.5, 0.6) is 5.75 Å². The molecule has 2 aromatic rings. The minimum atomic E-state index is -0.419. The Kier molecular flexibility index (Phi) is 4.57. The molecule has 0 amide bonds. The van der Waals surface area contributed by atoms with Crippen LogP contribution >= 0.6 is 15.9 Å². The zero-order valence-corrected chi connectivity index (χ0v) is 12.4. The molecular weight excluding hydrogens is 324 g/mol. The van der Waals surface area contributed by atoms with Crippen LogP contribution in [-0.2, 0) is 6.54 Å². The van der Waals surface area contributed by atoms with Crippen LogP contribution in [0.1, 0.15) is 5.56 Å². The zero-order chi connectivity index (χ0) is 14.5. The second kappa shape index (κ2) is 6.38. The maximum atomic E-state index is 10.7. The van der Waals surface area contributed by atoms with Crippen molar-refractivity contribution < 1.29 is 9.66 Å². The number of methoxy groups -OCH3 is 1. The number of ether oxygens (including phenoxy) is 1. The van der Waals surface area contributed by atoms with E-state index in [1.54, 1.807) is 19.2 Å². The van der Waals surface area contributed by atoms with Crippen molar-refractivity contribution in [1.29, 1.82) is 0 Å². The van der Waals surface area contributed by atoms with Gasteiger partial charge in [-0.1, -0.05) is 12.1 Å². The van der Waals surface area contributed by atoms with Gasteiger partial charge in [-0.25, -0.2) is 0 Å². The predicted molar refractivity (Wildman–Crippen MR) is 81.1 cm³/mol. The Morgan fingerprint density at radius 3 is 2.50 bits per heavy atom. The van der Waals surface area contributed by atoms with Gasteiger partial charge in [0.1, 0.15) is 5.75 Å². The molecule has 0 saturated carbocycles. The highest BCUT2D eigenvalue weighted by Crippen LogP contribution is 2.27. The number of nitrogens with one attached hydrogen (secondary N) is 1. The van der Waals surface area contributed by atoms with Crippen molar-refractivity contribution in [2.24, 2.45) is 0 Å². The van der Waals surface area contributed by atoms with Gasteiger partial charge in [0.2, 0.25) is 0 Å². The number of anilines is 1. The molecule has 1 N–H and O–H groups in total. The number of nitro benzene ring substituents is 1. The van der Waals surface area contributed by atoms with Gasteiger partial charge in [0.15, 0.2) is 0 Å². The lowest BCUT2D eigenvalue weighted by Crippen LogP contribution is -2.00. The van der Waals surface area contributed by atoms with E-state index < -0.39 is 4.92 Å². The molecule has 0 saturated heterocycles. The largest absolute Gasteiger partial charge is 0.497 e. The van der Waals surface area contributed by atoms with Crippen LogP contribution in [0.3, 0.4) is 0 Å². The molecule has 104 valence electrons. The van der Waals surface area contributed by atoms with Crippen LogP contribution in [0.2, 0.25) is 0 Å². The molecule has 0 radical (unpaired) electrons. The molecule has 6 heteroatoms. The van der Waals surface area contributed by atoms with Gasteiger partial charge in [-0.3, -0.25) is 10.1 Å². The van der Waals surface area contributed by atoms with E-state index in [1.807, 2.05) is 24.3 Å². The van der Waals surface area contributed by atoms with Crippen molar-refractivity contribution in [3.8, 4) is 5.75 Å². The lowest BCUT2D eigenvalue weighted by molar-refractivity contribution is -0.385. The van der Waals surface area contributed by atoms with E-state index in [0.29, 0.717) is 11.0 Å². The summed E-state index contributed by atoms with van der Waals surface area (Å²) in [5.74, 6) is 0.812. The van der Waals surface area contributed by atoms with E-state index in [1.165, 1.54) is 6.07 Å². The fourth-order valence-corrected chi connectivity index (χ4v) is 2.24. The first kappa shape index (κ1) is 14.3. The molecule has 0 aromatic heterocycles. The molecule has 0 unspecified atom stereocenters. The number of nitro groups is 1. The summed E-state index contributed by atoms with van der Waals surface area (Å²) in [5.41, 5.74) is 1.97. The summed E-state index contributed by atoms with van der Waals surface area (Å²) in [7, 11) is 1.63. The van der Waals surface area contributed by atoms with E-state index in [4.69, 9.17) is 4.74 Å². The van der Waals surface area contributed by atoms with Gasteiger partial charge in [0.25, 0.3) is 5.69 Å². The standard InChI is InChI=1S/C14H13BrN2O3/c1-20-12-5-2-10(3-6-12)9-16-11-4-7-14(17(18)19)13(15)8-11/h2-8,16H,9H2,1H3. The van der Waals surface area contributed by atoms with E-state index in [0.717, 1.165) is 17.0 Å². The topological polar surface area (TPSA) is 64.4 Å². The van der Waals surface area contributed by atoms with E-state index in [-0.39, 0.29) is 5.69 Å². The van der Waals surface area contributed by atoms with Crippen LogP contribution in [0.25, 0.3) is 0 Å². The zero-order valence-electron chi connectivity index (χ0n) is 10.8. The highest BCUT2D eigenvalue weighted by molar-refractivity contribution is 9.10. The van der Waals surface area contributed by atoms with Crippen LogP contribution in [0, 0.1) is 10.1 Å². The SMILES string of the molecule is COc1ccc(CNc2ccc([N+](=O)[O-])c(Br)c2)cc1. The first-order chi connectivity index (χ1) is 9.60. The van der Waals surface area contributed by atoms with Crippen molar-refractivity contribution in [3.63, 3.8) is 0 Å². The number of nitrogens with zero attached hydrogens (tertiary/aromatic N) is 1. The summed E-state index contributed by atoms with van der Waals surface area (Å²) < 4.78 is 5.55. The Hall–Kier alpha value is -2.08. The van der Waals surface area contributed by atoms with Crippen molar-refractivity contribution >= 4 is 27.3 Å². The highest BCUT2D eigenvalue weighted by atomic mass is 79.9. The quantitative estimate of drug-likeness (QED) is 0.662. The molecule has 0 spiro atoms. The average Bonchev–Trinajstić information content (AvgIpc) is 2.45. The molecule has 0 atom stereocenters. The molecule has 0 aliphatic rings. The van der Waals surface area contributed by atoms with Crippen LogP contribution < -0.4 is 10.1 Å². The minimum Gasteiger partial charge on any atom is -0.497 e. The summed E-state index contributed by atoms with van der Waals surface area (Å²) in [5, 5.41) is 13.9. The molecule has 0 aliphatic heterocycles. The van der Waals surface area contributed by atoms with Crippen molar-refractivity contribution in [3.05, 3.63) is 62.6 Å². The molecule has 0 heterocycles. The van der Waals surface area contributed by atoms with Gasteiger partial charge in [-0.15, -0.1) is 0 Å². The average molecular weight is 337 g/mol. The molecule has 2 rings (SSSR count). The van der Waals surface area contributed by atoms with Gasteiger partial charge in [-0.05, 0) is 45.8 Å². The first-order valence-electron chi connectivity index (χ1n) is 5.91. The molecular formula is C14H13BrN2O3. The monoisotopic (exact) mass is 336 g/mol.